The van der Waals surface area contributed by atoms with Crippen LogP contribution in [-0.4, -0.2) is 39.4 Å². The maximum atomic E-state index is 9.88. The monoisotopic (exact) mass is 249 g/mol. The highest BCUT2D eigenvalue weighted by Crippen LogP contribution is 2.39. The van der Waals surface area contributed by atoms with Crippen molar-refractivity contribution in [2.24, 2.45) is 0 Å². The van der Waals surface area contributed by atoms with Gasteiger partial charge in [0.15, 0.2) is 0 Å². The molecule has 0 saturated carbocycles. The van der Waals surface area contributed by atoms with E-state index < -0.39 is 0 Å². The fourth-order valence-corrected chi connectivity index (χ4v) is 3.20. The fourth-order valence-electron chi connectivity index (χ4n) is 3.20. The summed E-state index contributed by atoms with van der Waals surface area (Å²) in [4.78, 5) is 2.38. The van der Waals surface area contributed by atoms with Crippen molar-refractivity contribution in [3.05, 3.63) is 28.8 Å². The van der Waals surface area contributed by atoms with Gasteiger partial charge in [-0.25, -0.2) is 0 Å². The van der Waals surface area contributed by atoms with E-state index in [1.807, 2.05) is 6.07 Å². The largest absolute Gasteiger partial charge is 0.508 e. The maximum Gasteiger partial charge on any atom is 0.121 e. The second kappa shape index (κ2) is 4.53. The molecule has 4 heteroatoms. The van der Waals surface area contributed by atoms with Crippen LogP contribution in [-0.2, 0) is 13.0 Å². The van der Waals surface area contributed by atoms with E-state index >= 15 is 0 Å². The number of piperidine rings is 1. The van der Waals surface area contributed by atoms with Crippen LogP contribution < -0.4 is 0 Å². The highest BCUT2D eigenvalue weighted by Gasteiger charge is 2.33. The number of nitrogens with zero attached hydrogens (tertiary/aromatic N) is 1. The van der Waals surface area contributed by atoms with Crippen LogP contribution in [0.15, 0.2) is 12.1 Å². The minimum absolute atomic E-state index is 0.129. The van der Waals surface area contributed by atoms with Crippen LogP contribution >= 0.6 is 0 Å². The normalized spacial score (nSPS) is 27.7. The summed E-state index contributed by atoms with van der Waals surface area (Å²) in [5.74, 6) is 0.165. The van der Waals surface area contributed by atoms with Gasteiger partial charge in [-0.1, -0.05) is 0 Å². The third kappa shape index (κ3) is 1.90. The zero-order chi connectivity index (χ0) is 12.7. The second-order valence-electron chi connectivity index (χ2n) is 5.32. The molecule has 0 radical (unpaired) electrons. The van der Waals surface area contributed by atoms with Crippen molar-refractivity contribution < 1.29 is 15.3 Å². The Morgan fingerprint density at radius 2 is 2.11 bits per heavy atom. The average molecular weight is 249 g/mol. The van der Waals surface area contributed by atoms with Gasteiger partial charge in [0, 0.05) is 24.7 Å². The lowest BCUT2D eigenvalue weighted by atomic mass is 9.85. The molecular formula is C14H19NO3. The van der Waals surface area contributed by atoms with E-state index in [1.54, 1.807) is 6.07 Å². The third-order valence-corrected chi connectivity index (χ3v) is 4.22. The Kier molecular flexibility index (Phi) is 3.01. The molecule has 0 spiro atoms. The Morgan fingerprint density at radius 3 is 2.89 bits per heavy atom. The molecule has 2 heterocycles. The van der Waals surface area contributed by atoms with E-state index in [0.29, 0.717) is 5.56 Å². The fraction of sp³-hybridized carbons (Fsp3) is 0.571. The molecule has 3 rings (SSSR count). The molecule has 2 aliphatic rings. The zero-order valence-corrected chi connectivity index (χ0v) is 10.3. The summed E-state index contributed by atoms with van der Waals surface area (Å²) in [6.07, 6.45) is 2.30. The van der Waals surface area contributed by atoms with Crippen LogP contribution in [0.4, 0.5) is 0 Å². The molecule has 0 aromatic heterocycles. The number of hydrogen-bond donors (Lipinski definition) is 3. The number of aromatic hydroxyl groups is 1. The van der Waals surface area contributed by atoms with Crippen LogP contribution in [0.1, 0.15) is 35.6 Å². The minimum atomic E-state index is -0.239. The molecule has 1 aromatic carbocycles. The van der Waals surface area contributed by atoms with E-state index in [0.717, 1.165) is 37.9 Å². The standard InChI is InChI=1S/C14H19NO3/c16-8-10-5-9-1-3-15-4-2-11(17)6-13(15)12(9)7-14(10)18/h5,7,11,13,16-18H,1-4,6,8H2/t11-,13?/m1/s1. The second-order valence-corrected chi connectivity index (χ2v) is 5.32. The van der Waals surface area contributed by atoms with Crippen molar-refractivity contribution in [2.75, 3.05) is 13.1 Å². The van der Waals surface area contributed by atoms with Gasteiger partial charge < -0.3 is 15.3 Å². The van der Waals surface area contributed by atoms with E-state index in [9.17, 15) is 15.3 Å². The van der Waals surface area contributed by atoms with Crippen molar-refractivity contribution in [3.63, 3.8) is 0 Å². The Labute approximate surface area is 106 Å². The lowest BCUT2D eigenvalue weighted by molar-refractivity contribution is 0.0359. The molecule has 1 saturated heterocycles. The Bertz CT molecular complexity index is 461. The summed E-state index contributed by atoms with van der Waals surface area (Å²) in [5, 5.41) is 28.9. The zero-order valence-electron chi connectivity index (χ0n) is 10.3. The SMILES string of the molecule is OCc1cc2c(cc1O)C1C[C@H](O)CCN1CC2. The van der Waals surface area contributed by atoms with Crippen LogP contribution in [0.2, 0.25) is 0 Å². The first kappa shape index (κ1) is 12.0. The van der Waals surface area contributed by atoms with Crippen LogP contribution in [0.5, 0.6) is 5.75 Å². The highest BCUT2D eigenvalue weighted by molar-refractivity contribution is 5.44. The number of aliphatic hydroxyl groups is 2. The van der Waals surface area contributed by atoms with Crippen LogP contribution in [0.25, 0.3) is 0 Å². The Morgan fingerprint density at radius 1 is 1.28 bits per heavy atom. The molecule has 1 fully saturated rings. The number of hydrogen-bond acceptors (Lipinski definition) is 4. The van der Waals surface area contributed by atoms with Gasteiger partial charge >= 0.3 is 0 Å². The third-order valence-electron chi connectivity index (χ3n) is 4.22. The molecule has 0 bridgehead atoms. The summed E-state index contributed by atoms with van der Waals surface area (Å²) >= 11 is 0. The van der Waals surface area contributed by atoms with Gasteiger partial charge in [0.05, 0.1) is 12.7 Å². The quantitative estimate of drug-likeness (QED) is 0.693. The minimum Gasteiger partial charge on any atom is -0.508 e. The van der Waals surface area contributed by atoms with Crippen molar-refractivity contribution in [1.82, 2.24) is 4.90 Å². The van der Waals surface area contributed by atoms with E-state index in [-0.39, 0.29) is 24.5 Å². The topological polar surface area (TPSA) is 63.9 Å². The number of fused-ring (bicyclic) bond motifs is 3. The molecular weight excluding hydrogens is 230 g/mol. The van der Waals surface area contributed by atoms with Crippen LogP contribution in [0, 0.1) is 0 Å². The molecule has 4 nitrogen and oxygen atoms in total. The van der Waals surface area contributed by atoms with Gasteiger partial charge in [0.2, 0.25) is 0 Å². The van der Waals surface area contributed by atoms with E-state index in [1.165, 1.54) is 5.56 Å². The lowest BCUT2D eigenvalue weighted by Gasteiger charge is -2.42. The maximum absolute atomic E-state index is 9.88. The highest BCUT2D eigenvalue weighted by atomic mass is 16.3. The number of aliphatic hydroxyl groups excluding tert-OH is 2. The number of benzene rings is 1. The molecule has 1 unspecified atom stereocenters. The smallest absolute Gasteiger partial charge is 0.121 e. The van der Waals surface area contributed by atoms with Crippen molar-refractivity contribution in [3.8, 4) is 5.75 Å². The molecule has 1 aromatic rings. The first-order chi connectivity index (χ1) is 8.69. The molecule has 98 valence electrons. The molecule has 2 aliphatic heterocycles. The van der Waals surface area contributed by atoms with E-state index in [4.69, 9.17) is 0 Å². The van der Waals surface area contributed by atoms with Crippen LogP contribution in [0.3, 0.4) is 0 Å². The first-order valence-electron chi connectivity index (χ1n) is 6.56. The lowest BCUT2D eigenvalue weighted by Crippen LogP contribution is -2.42. The summed E-state index contributed by atoms with van der Waals surface area (Å²) in [6.45, 7) is 1.80. The van der Waals surface area contributed by atoms with E-state index in [2.05, 4.69) is 4.90 Å². The predicted octanol–water partition coefficient (Wildman–Crippen LogP) is 0.938. The summed E-state index contributed by atoms with van der Waals surface area (Å²) in [5.41, 5.74) is 2.92. The molecule has 2 atom stereocenters. The Hall–Kier alpha value is -1.10. The van der Waals surface area contributed by atoms with Gasteiger partial charge in [-0.2, -0.15) is 0 Å². The summed E-state index contributed by atoms with van der Waals surface area (Å²) < 4.78 is 0. The van der Waals surface area contributed by atoms with Crippen molar-refractivity contribution >= 4 is 0 Å². The summed E-state index contributed by atoms with van der Waals surface area (Å²) in [7, 11) is 0. The summed E-state index contributed by atoms with van der Waals surface area (Å²) in [6, 6.07) is 3.90. The number of rotatable bonds is 1. The molecule has 0 amide bonds. The first-order valence-corrected chi connectivity index (χ1v) is 6.56. The molecule has 0 aliphatic carbocycles. The number of phenols is 1. The van der Waals surface area contributed by atoms with Gasteiger partial charge in [-0.05, 0) is 42.5 Å². The van der Waals surface area contributed by atoms with Crippen molar-refractivity contribution in [2.45, 2.75) is 38.0 Å². The van der Waals surface area contributed by atoms with Gasteiger partial charge in [-0.15, -0.1) is 0 Å². The molecule has 3 N–H and O–H groups in total. The van der Waals surface area contributed by atoms with Gasteiger partial charge in [0.25, 0.3) is 0 Å². The van der Waals surface area contributed by atoms with Gasteiger partial charge in [-0.3, -0.25) is 4.90 Å². The average Bonchev–Trinajstić information content (AvgIpc) is 2.38. The van der Waals surface area contributed by atoms with Crippen molar-refractivity contribution in [1.29, 1.82) is 0 Å². The predicted molar refractivity (Wildman–Crippen MR) is 67.3 cm³/mol. The van der Waals surface area contributed by atoms with Gasteiger partial charge in [0.1, 0.15) is 5.75 Å². The molecule has 18 heavy (non-hydrogen) atoms. The Balaban J connectivity index is 2.00.